The Morgan fingerprint density at radius 3 is 2.72 bits per heavy atom. The van der Waals surface area contributed by atoms with Crippen LogP contribution in [-0.2, 0) is 17.6 Å². The molecule has 0 radical (unpaired) electrons. The zero-order valence-corrected chi connectivity index (χ0v) is 18.6. The highest BCUT2D eigenvalue weighted by molar-refractivity contribution is 7.99. The van der Waals surface area contributed by atoms with Crippen LogP contribution in [0.2, 0.25) is 0 Å². The number of hydrazone groups is 1. The Labute approximate surface area is 189 Å². The van der Waals surface area contributed by atoms with Crippen LogP contribution in [0, 0.1) is 0 Å². The number of benzene rings is 2. The standard InChI is InChI=1S/C22H24N4O5S/c1-29-17-9-6-15(7-10-17)4-3-5-21-25-26-22(31-21)32-14-20(28)24-23-13-16-8-11-18(27)19(12-16)30-2/h6-13,27H,3-5,14H2,1-2H3,(H,24,28)/b23-13-. The predicted octanol–water partition coefficient (Wildman–Crippen LogP) is 3.21. The van der Waals surface area contributed by atoms with Crippen molar-refractivity contribution in [2.75, 3.05) is 20.0 Å². The molecule has 168 valence electrons. The molecule has 0 aliphatic heterocycles. The number of rotatable bonds is 11. The highest BCUT2D eigenvalue weighted by Gasteiger charge is 2.09. The van der Waals surface area contributed by atoms with E-state index in [9.17, 15) is 9.90 Å². The van der Waals surface area contributed by atoms with Gasteiger partial charge in [-0.1, -0.05) is 23.9 Å². The average molecular weight is 457 g/mol. The highest BCUT2D eigenvalue weighted by Crippen LogP contribution is 2.25. The van der Waals surface area contributed by atoms with Gasteiger partial charge in [-0.3, -0.25) is 4.79 Å². The van der Waals surface area contributed by atoms with Crippen LogP contribution in [0.15, 0.2) is 57.2 Å². The molecule has 10 heteroatoms. The van der Waals surface area contributed by atoms with Gasteiger partial charge in [-0.05, 0) is 54.3 Å². The van der Waals surface area contributed by atoms with Gasteiger partial charge >= 0.3 is 0 Å². The Kier molecular flexibility index (Phi) is 8.50. The van der Waals surface area contributed by atoms with Crippen molar-refractivity contribution >= 4 is 23.9 Å². The number of nitrogens with zero attached hydrogens (tertiary/aromatic N) is 3. The van der Waals surface area contributed by atoms with Crippen LogP contribution in [-0.4, -0.2) is 47.4 Å². The number of methoxy groups -OCH3 is 2. The van der Waals surface area contributed by atoms with Gasteiger partial charge in [0.2, 0.25) is 5.89 Å². The molecule has 3 aromatic rings. The van der Waals surface area contributed by atoms with Crippen molar-refractivity contribution in [2.45, 2.75) is 24.5 Å². The topological polar surface area (TPSA) is 119 Å². The van der Waals surface area contributed by atoms with E-state index >= 15 is 0 Å². The van der Waals surface area contributed by atoms with Gasteiger partial charge in [-0.15, -0.1) is 10.2 Å². The maximum atomic E-state index is 12.0. The van der Waals surface area contributed by atoms with E-state index in [4.69, 9.17) is 13.9 Å². The second-order valence-corrected chi connectivity index (χ2v) is 7.60. The molecule has 0 unspecified atom stereocenters. The summed E-state index contributed by atoms with van der Waals surface area (Å²) in [6.45, 7) is 0. The SMILES string of the molecule is COc1ccc(CCCc2nnc(SCC(=O)N/N=C\c3ccc(O)c(OC)c3)o2)cc1. The lowest BCUT2D eigenvalue weighted by Gasteiger charge is -2.03. The number of ether oxygens (including phenoxy) is 2. The molecule has 3 rings (SSSR count). The van der Waals surface area contributed by atoms with E-state index in [-0.39, 0.29) is 17.4 Å². The average Bonchev–Trinajstić information content (AvgIpc) is 3.27. The number of aromatic nitrogens is 2. The van der Waals surface area contributed by atoms with Crippen molar-refractivity contribution in [3.05, 3.63) is 59.5 Å². The number of carbonyl (C=O) groups excluding carboxylic acids is 1. The molecular formula is C22H24N4O5S. The van der Waals surface area contributed by atoms with Crippen LogP contribution in [0.5, 0.6) is 17.2 Å². The first kappa shape index (κ1) is 23.1. The summed E-state index contributed by atoms with van der Waals surface area (Å²) in [4.78, 5) is 12.0. The third-order valence-corrected chi connectivity index (χ3v) is 5.22. The molecule has 0 aliphatic rings. The summed E-state index contributed by atoms with van der Waals surface area (Å²) >= 11 is 1.14. The number of amides is 1. The Morgan fingerprint density at radius 1 is 1.16 bits per heavy atom. The first-order valence-electron chi connectivity index (χ1n) is 9.84. The van der Waals surface area contributed by atoms with E-state index in [0.717, 1.165) is 30.4 Å². The summed E-state index contributed by atoms with van der Waals surface area (Å²) in [5, 5.41) is 21.8. The first-order valence-corrected chi connectivity index (χ1v) is 10.8. The van der Waals surface area contributed by atoms with Crippen LogP contribution in [0.1, 0.15) is 23.4 Å². The molecule has 9 nitrogen and oxygen atoms in total. The summed E-state index contributed by atoms with van der Waals surface area (Å²) in [5.74, 6) is 1.51. The largest absolute Gasteiger partial charge is 0.504 e. The van der Waals surface area contributed by atoms with Gasteiger partial charge in [0.1, 0.15) is 5.75 Å². The van der Waals surface area contributed by atoms with Gasteiger partial charge in [-0.25, -0.2) is 5.43 Å². The van der Waals surface area contributed by atoms with E-state index in [1.54, 1.807) is 19.2 Å². The minimum absolute atomic E-state index is 0.0322. The summed E-state index contributed by atoms with van der Waals surface area (Å²) in [7, 11) is 3.10. The normalized spacial score (nSPS) is 10.9. The molecule has 2 aromatic carbocycles. The fourth-order valence-electron chi connectivity index (χ4n) is 2.75. The fourth-order valence-corrected chi connectivity index (χ4v) is 3.32. The van der Waals surface area contributed by atoms with E-state index < -0.39 is 0 Å². The molecule has 0 aliphatic carbocycles. The van der Waals surface area contributed by atoms with Crippen molar-refractivity contribution in [2.24, 2.45) is 5.10 Å². The molecule has 1 heterocycles. The Balaban J connectivity index is 1.38. The molecule has 2 N–H and O–H groups in total. The zero-order chi connectivity index (χ0) is 22.8. The number of phenolic OH excluding ortho intramolecular Hbond substituents is 1. The number of aryl methyl sites for hydroxylation is 2. The molecule has 0 saturated carbocycles. The number of hydrogen-bond donors (Lipinski definition) is 2. The third-order valence-electron chi connectivity index (χ3n) is 4.40. The van der Waals surface area contributed by atoms with Crippen molar-refractivity contribution < 1.29 is 23.8 Å². The minimum Gasteiger partial charge on any atom is -0.504 e. The molecule has 0 saturated heterocycles. The Hall–Kier alpha value is -3.53. The van der Waals surface area contributed by atoms with E-state index in [2.05, 4.69) is 20.7 Å². The van der Waals surface area contributed by atoms with Crippen LogP contribution in [0.25, 0.3) is 0 Å². The number of phenols is 1. The lowest BCUT2D eigenvalue weighted by molar-refractivity contribution is -0.118. The van der Waals surface area contributed by atoms with Crippen LogP contribution in [0.3, 0.4) is 0 Å². The van der Waals surface area contributed by atoms with Gasteiger partial charge in [0.25, 0.3) is 11.1 Å². The Bertz CT molecular complexity index is 1050. The van der Waals surface area contributed by atoms with E-state index in [1.807, 2.05) is 24.3 Å². The quantitative estimate of drug-likeness (QED) is 0.256. The molecule has 0 spiro atoms. The second-order valence-electron chi connectivity index (χ2n) is 6.68. The molecule has 0 fully saturated rings. The molecular weight excluding hydrogens is 432 g/mol. The first-order chi connectivity index (χ1) is 15.6. The van der Waals surface area contributed by atoms with Crippen molar-refractivity contribution in [1.82, 2.24) is 15.6 Å². The fraction of sp³-hybridized carbons (Fsp3) is 0.273. The van der Waals surface area contributed by atoms with Crippen molar-refractivity contribution in [3.8, 4) is 17.2 Å². The number of thioether (sulfide) groups is 1. The van der Waals surface area contributed by atoms with E-state index in [0.29, 0.717) is 28.8 Å². The summed E-state index contributed by atoms with van der Waals surface area (Å²) in [5.41, 5.74) is 4.31. The third kappa shape index (κ3) is 7.02. The number of aromatic hydroxyl groups is 1. The zero-order valence-electron chi connectivity index (χ0n) is 17.8. The minimum atomic E-state index is -0.309. The number of carbonyl (C=O) groups is 1. The summed E-state index contributed by atoms with van der Waals surface area (Å²) in [6, 6.07) is 12.7. The molecule has 32 heavy (non-hydrogen) atoms. The maximum absolute atomic E-state index is 12.0. The van der Waals surface area contributed by atoms with Gasteiger partial charge in [-0.2, -0.15) is 5.10 Å². The number of hydrogen-bond acceptors (Lipinski definition) is 9. The monoisotopic (exact) mass is 456 g/mol. The smallest absolute Gasteiger partial charge is 0.277 e. The summed E-state index contributed by atoms with van der Waals surface area (Å²) in [6.07, 6.45) is 3.88. The van der Waals surface area contributed by atoms with Gasteiger partial charge < -0.3 is 19.0 Å². The van der Waals surface area contributed by atoms with Crippen molar-refractivity contribution in [1.29, 1.82) is 0 Å². The molecule has 0 bridgehead atoms. The van der Waals surface area contributed by atoms with Crippen LogP contribution < -0.4 is 14.9 Å². The Morgan fingerprint density at radius 2 is 1.97 bits per heavy atom. The molecule has 1 aromatic heterocycles. The van der Waals surface area contributed by atoms with Crippen molar-refractivity contribution in [3.63, 3.8) is 0 Å². The highest BCUT2D eigenvalue weighted by atomic mass is 32.2. The molecule has 0 atom stereocenters. The maximum Gasteiger partial charge on any atom is 0.277 e. The van der Waals surface area contributed by atoms with Gasteiger partial charge in [0.05, 0.1) is 26.2 Å². The lowest BCUT2D eigenvalue weighted by atomic mass is 10.1. The molecule has 1 amide bonds. The second kappa shape index (κ2) is 11.8. The predicted molar refractivity (Wildman–Crippen MR) is 120 cm³/mol. The number of nitrogens with one attached hydrogen (secondary N) is 1. The summed E-state index contributed by atoms with van der Waals surface area (Å²) < 4.78 is 15.8. The van der Waals surface area contributed by atoms with E-state index in [1.165, 1.54) is 25.0 Å². The van der Waals surface area contributed by atoms with Crippen LogP contribution in [0.4, 0.5) is 0 Å². The van der Waals surface area contributed by atoms with Gasteiger partial charge in [0, 0.05) is 6.42 Å². The lowest BCUT2D eigenvalue weighted by Crippen LogP contribution is -2.19. The van der Waals surface area contributed by atoms with Crippen LogP contribution >= 0.6 is 11.8 Å². The van der Waals surface area contributed by atoms with Gasteiger partial charge in [0.15, 0.2) is 11.5 Å².